The van der Waals surface area contributed by atoms with Crippen LogP contribution in [0, 0.1) is 6.92 Å². The lowest BCUT2D eigenvalue weighted by Gasteiger charge is -2.11. The van der Waals surface area contributed by atoms with E-state index in [-0.39, 0.29) is 5.91 Å². The zero-order valence-electron chi connectivity index (χ0n) is 16.4. The quantitative estimate of drug-likeness (QED) is 0.645. The minimum atomic E-state index is -1.18. The van der Waals surface area contributed by atoms with Gasteiger partial charge in [0.15, 0.2) is 0 Å². The molecule has 3 aromatic rings. The number of benzene rings is 2. The van der Waals surface area contributed by atoms with Gasteiger partial charge in [0.25, 0.3) is 5.91 Å². The van der Waals surface area contributed by atoms with E-state index >= 15 is 0 Å². The molecule has 1 fully saturated rings. The van der Waals surface area contributed by atoms with E-state index in [1.54, 1.807) is 12.1 Å². The van der Waals surface area contributed by atoms with Crippen molar-refractivity contribution >= 4 is 16.7 Å². The Morgan fingerprint density at radius 1 is 1.10 bits per heavy atom. The number of aryl methyl sites for hydroxylation is 1. The Morgan fingerprint density at radius 3 is 2.48 bits per heavy atom. The molecule has 1 amide bonds. The van der Waals surface area contributed by atoms with Gasteiger partial charge < -0.3 is 9.73 Å². The normalized spacial score (nSPS) is 15.3. The minimum absolute atomic E-state index is 0.0361. The van der Waals surface area contributed by atoms with E-state index in [0.29, 0.717) is 34.7 Å². The van der Waals surface area contributed by atoms with E-state index < -0.39 is 10.8 Å². The second-order valence-electron chi connectivity index (χ2n) is 7.36. The van der Waals surface area contributed by atoms with Crippen LogP contribution in [0.15, 0.2) is 63.9 Å². The second kappa shape index (κ2) is 8.74. The van der Waals surface area contributed by atoms with E-state index in [9.17, 15) is 9.00 Å². The fourth-order valence-electron chi connectivity index (χ4n) is 3.57. The molecule has 0 bridgehead atoms. The molecule has 1 aliphatic rings. The summed E-state index contributed by atoms with van der Waals surface area (Å²) in [6.45, 7) is 1.83. The highest BCUT2D eigenvalue weighted by Crippen LogP contribution is 2.24. The van der Waals surface area contributed by atoms with Gasteiger partial charge in [0.05, 0.1) is 22.2 Å². The molecule has 1 heterocycles. The molecule has 1 aliphatic carbocycles. The molecule has 5 nitrogen and oxygen atoms in total. The zero-order valence-corrected chi connectivity index (χ0v) is 17.2. The molecule has 0 unspecified atom stereocenters. The lowest BCUT2D eigenvalue weighted by Crippen LogP contribution is -2.32. The van der Waals surface area contributed by atoms with Crippen LogP contribution in [0.1, 0.15) is 47.5 Å². The summed E-state index contributed by atoms with van der Waals surface area (Å²) in [6, 6.07) is 16.9. The van der Waals surface area contributed by atoms with E-state index in [2.05, 4.69) is 10.3 Å². The molecular weight excluding hydrogens is 384 g/mol. The molecule has 0 spiro atoms. The highest BCUT2D eigenvalue weighted by Gasteiger charge is 2.19. The van der Waals surface area contributed by atoms with Crippen molar-refractivity contribution in [3.63, 3.8) is 0 Å². The Balaban J connectivity index is 1.45. The maximum absolute atomic E-state index is 12.6. The van der Waals surface area contributed by atoms with Crippen molar-refractivity contribution < 1.29 is 13.4 Å². The van der Waals surface area contributed by atoms with Crippen molar-refractivity contribution in [3.05, 3.63) is 71.6 Å². The molecule has 0 aliphatic heterocycles. The van der Waals surface area contributed by atoms with Crippen molar-refractivity contribution in [1.82, 2.24) is 10.3 Å². The molecule has 6 heteroatoms. The van der Waals surface area contributed by atoms with Crippen LogP contribution in [0.5, 0.6) is 0 Å². The van der Waals surface area contributed by atoms with Gasteiger partial charge in [-0.05, 0) is 56.2 Å². The lowest BCUT2D eigenvalue weighted by molar-refractivity contribution is 0.0938. The highest BCUT2D eigenvalue weighted by molar-refractivity contribution is 7.84. The summed E-state index contributed by atoms with van der Waals surface area (Å²) >= 11 is 0. The predicted octanol–water partition coefficient (Wildman–Crippen LogP) is 4.63. The van der Waals surface area contributed by atoms with Crippen LogP contribution < -0.4 is 5.32 Å². The van der Waals surface area contributed by atoms with Gasteiger partial charge >= 0.3 is 0 Å². The van der Waals surface area contributed by atoms with Gasteiger partial charge in [0, 0.05) is 22.1 Å². The Labute approximate surface area is 173 Å². The van der Waals surface area contributed by atoms with Crippen LogP contribution in [-0.2, 0) is 16.6 Å². The molecule has 4 rings (SSSR count). The van der Waals surface area contributed by atoms with E-state index in [1.165, 1.54) is 12.8 Å². The Morgan fingerprint density at radius 2 is 1.79 bits per heavy atom. The first-order valence-electron chi connectivity index (χ1n) is 9.91. The van der Waals surface area contributed by atoms with Crippen LogP contribution in [0.4, 0.5) is 0 Å². The molecular formula is C23H24N2O3S. The summed E-state index contributed by atoms with van der Waals surface area (Å²) in [5.74, 6) is 1.41. The van der Waals surface area contributed by atoms with Crippen molar-refractivity contribution in [2.75, 3.05) is 0 Å². The summed E-state index contributed by atoms with van der Waals surface area (Å²) in [6.07, 6.45) is 4.49. The SMILES string of the molecule is Cc1oc(-c2ccc(C(=O)NC3CCCC3)cc2)nc1C[S@@](=O)c1ccccc1. The van der Waals surface area contributed by atoms with Crippen LogP contribution in [0.25, 0.3) is 11.5 Å². The number of amides is 1. The first-order chi connectivity index (χ1) is 14.1. The average molecular weight is 409 g/mol. The summed E-state index contributed by atoms with van der Waals surface area (Å²) in [4.78, 5) is 17.7. The number of carbonyl (C=O) groups is 1. The summed E-state index contributed by atoms with van der Waals surface area (Å²) < 4.78 is 18.4. The van der Waals surface area contributed by atoms with Gasteiger partial charge in [-0.15, -0.1) is 0 Å². The Kier molecular flexibility index (Phi) is 5.90. The fraction of sp³-hybridized carbons (Fsp3) is 0.304. The minimum Gasteiger partial charge on any atom is -0.441 e. The van der Waals surface area contributed by atoms with Crippen molar-refractivity contribution in [1.29, 1.82) is 0 Å². The zero-order chi connectivity index (χ0) is 20.2. The second-order valence-corrected chi connectivity index (χ2v) is 8.81. The first kappa shape index (κ1) is 19.6. The molecule has 2 aromatic carbocycles. The summed E-state index contributed by atoms with van der Waals surface area (Å²) in [5, 5.41) is 3.09. The number of hydrogen-bond donors (Lipinski definition) is 1. The number of rotatable bonds is 6. The Bertz CT molecular complexity index is 1010. The molecule has 1 saturated carbocycles. The van der Waals surface area contributed by atoms with Gasteiger partial charge in [-0.1, -0.05) is 31.0 Å². The number of oxazole rings is 1. The van der Waals surface area contributed by atoms with Gasteiger partial charge in [0.2, 0.25) is 5.89 Å². The molecule has 1 N–H and O–H groups in total. The van der Waals surface area contributed by atoms with E-state index in [0.717, 1.165) is 23.3 Å². The largest absolute Gasteiger partial charge is 0.441 e. The molecule has 0 saturated heterocycles. The van der Waals surface area contributed by atoms with Gasteiger partial charge in [-0.3, -0.25) is 9.00 Å². The third kappa shape index (κ3) is 4.65. The van der Waals surface area contributed by atoms with Crippen LogP contribution in [0.2, 0.25) is 0 Å². The van der Waals surface area contributed by atoms with Crippen molar-refractivity contribution in [2.24, 2.45) is 0 Å². The molecule has 0 radical (unpaired) electrons. The fourth-order valence-corrected chi connectivity index (χ4v) is 4.71. The summed E-state index contributed by atoms with van der Waals surface area (Å²) in [7, 11) is -1.18. The summed E-state index contributed by atoms with van der Waals surface area (Å²) in [5.41, 5.74) is 2.11. The highest BCUT2D eigenvalue weighted by atomic mass is 32.2. The van der Waals surface area contributed by atoms with Crippen molar-refractivity contribution in [2.45, 2.75) is 49.3 Å². The third-order valence-corrected chi connectivity index (χ3v) is 6.58. The molecule has 150 valence electrons. The first-order valence-corrected chi connectivity index (χ1v) is 11.2. The predicted molar refractivity (Wildman–Crippen MR) is 113 cm³/mol. The smallest absolute Gasteiger partial charge is 0.251 e. The van der Waals surface area contributed by atoms with Crippen LogP contribution in [-0.4, -0.2) is 21.1 Å². The van der Waals surface area contributed by atoms with Gasteiger partial charge in [-0.2, -0.15) is 0 Å². The van der Waals surface area contributed by atoms with Crippen LogP contribution >= 0.6 is 0 Å². The standard InChI is InChI=1S/C23H24N2O3S/c1-16-21(15-29(27)20-9-3-2-4-10-20)25-23(28-16)18-13-11-17(12-14-18)22(26)24-19-7-5-6-8-19/h2-4,9-14,19H,5-8,15H2,1H3,(H,24,26)/t29-/m1/s1. The van der Waals surface area contributed by atoms with Gasteiger partial charge in [-0.25, -0.2) is 4.98 Å². The average Bonchev–Trinajstić information content (AvgIpc) is 3.39. The Hall–Kier alpha value is -2.73. The number of hydrogen-bond acceptors (Lipinski definition) is 4. The number of nitrogens with zero attached hydrogens (tertiary/aromatic N) is 1. The number of nitrogens with one attached hydrogen (secondary N) is 1. The molecule has 1 aromatic heterocycles. The van der Waals surface area contributed by atoms with Crippen molar-refractivity contribution in [3.8, 4) is 11.5 Å². The maximum atomic E-state index is 12.6. The third-order valence-electron chi connectivity index (χ3n) is 5.25. The topological polar surface area (TPSA) is 72.2 Å². The van der Waals surface area contributed by atoms with Gasteiger partial charge in [0.1, 0.15) is 5.76 Å². The molecule has 1 atom stereocenters. The van der Waals surface area contributed by atoms with E-state index in [4.69, 9.17) is 4.42 Å². The lowest BCUT2D eigenvalue weighted by atomic mass is 10.1. The van der Waals surface area contributed by atoms with E-state index in [1.807, 2.05) is 49.4 Å². The maximum Gasteiger partial charge on any atom is 0.251 e. The monoisotopic (exact) mass is 408 g/mol. The van der Waals surface area contributed by atoms with Crippen LogP contribution in [0.3, 0.4) is 0 Å². The molecule has 29 heavy (non-hydrogen) atoms. The number of carbonyl (C=O) groups excluding carboxylic acids is 1. The number of aromatic nitrogens is 1.